The maximum Gasteiger partial charge on any atom is 0.0513 e. The number of benzene rings is 1. The maximum atomic E-state index is 5.78. The van der Waals surface area contributed by atoms with Crippen molar-refractivity contribution >= 4 is 0 Å². The monoisotopic (exact) mass is 246 g/mol. The van der Waals surface area contributed by atoms with Gasteiger partial charge in [0.05, 0.1) is 12.6 Å². The normalized spacial score (nSPS) is 24.8. The fourth-order valence-corrected chi connectivity index (χ4v) is 3.32. The molecular weight excluding hydrogens is 224 g/mol. The Kier molecular flexibility index (Phi) is 3.64. The summed E-state index contributed by atoms with van der Waals surface area (Å²) >= 11 is 0. The Morgan fingerprint density at radius 1 is 1.22 bits per heavy atom. The lowest BCUT2D eigenvalue weighted by molar-refractivity contribution is 0.0390. The summed E-state index contributed by atoms with van der Waals surface area (Å²) in [5.41, 5.74) is 7.37. The fourth-order valence-electron chi connectivity index (χ4n) is 3.32. The minimum absolute atomic E-state index is 0.233. The molecule has 1 aliphatic carbocycles. The smallest absolute Gasteiger partial charge is 0.0513 e. The minimum Gasteiger partial charge on any atom is -0.381 e. The van der Waals surface area contributed by atoms with E-state index < -0.39 is 0 Å². The first-order chi connectivity index (χ1) is 8.88. The maximum absolute atomic E-state index is 5.78. The zero-order chi connectivity index (χ0) is 12.4. The minimum atomic E-state index is 0.233. The lowest BCUT2D eigenvalue weighted by Crippen LogP contribution is -2.37. The van der Waals surface area contributed by atoms with Crippen LogP contribution in [0.5, 0.6) is 0 Å². The Balaban J connectivity index is 1.82. The van der Waals surface area contributed by atoms with Crippen molar-refractivity contribution in [2.24, 2.45) is 11.8 Å². The Bertz CT molecular complexity index is 413. The van der Waals surface area contributed by atoms with E-state index in [0.29, 0.717) is 5.92 Å². The Hall–Kier alpha value is -0.900. The van der Waals surface area contributed by atoms with Gasteiger partial charge in [0.1, 0.15) is 0 Å². The number of fused-ring (bicyclic) bond motifs is 1. The molecule has 3 nitrogen and oxygen atoms in total. The standard InChI is InChI=1S/C15H22N2O/c16-17-15(14-5-2-8-18-10-14)13-7-6-11-3-1-4-12(11)9-13/h6-7,9,14-15,17H,1-5,8,10,16H2. The van der Waals surface area contributed by atoms with Crippen LogP contribution in [0, 0.1) is 5.92 Å². The zero-order valence-electron chi connectivity index (χ0n) is 10.8. The van der Waals surface area contributed by atoms with E-state index in [2.05, 4.69) is 23.6 Å². The van der Waals surface area contributed by atoms with Gasteiger partial charge >= 0.3 is 0 Å². The van der Waals surface area contributed by atoms with E-state index in [9.17, 15) is 0 Å². The number of rotatable bonds is 3. The average molecular weight is 246 g/mol. The first kappa shape index (κ1) is 12.2. The zero-order valence-corrected chi connectivity index (χ0v) is 10.8. The molecule has 3 heteroatoms. The lowest BCUT2D eigenvalue weighted by atomic mass is 9.88. The molecule has 0 amide bonds. The SMILES string of the molecule is NNC(c1ccc2c(c1)CCC2)C1CCCOC1. The summed E-state index contributed by atoms with van der Waals surface area (Å²) in [5.74, 6) is 6.28. The van der Waals surface area contributed by atoms with E-state index in [1.807, 2.05) is 0 Å². The van der Waals surface area contributed by atoms with Gasteiger partial charge in [-0.05, 0) is 48.8 Å². The number of hydrogen-bond donors (Lipinski definition) is 2. The summed E-state index contributed by atoms with van der Waals surface area (Å²) in [6.07, 6.45) is 6.11. The van der Waals surface area contributed by atoms with Crippen molar-refractivity contribution in [2.45, 2.75) is 38.1 Å². The predicted octanol–water partition coefficient (Wildman–Crippen LogP) is 2.11. The van der Waals surface area contributed by atoms with Crippen LogP contribution < -0.4 is 11.3 Å². The molecule has 98 valence electrons. The van der Waals surface area contributed by atoms with Gasteiger partial charge in [-0.15, -0.1) is 0 Å². The molecule has 1 aromatic carbocycles. The molecule has 18 heavy (non-hydrogen) atoms. The van der Waals surface area contributed by atoms with E-state index >= 15 is 0 Å². The highest BCUT2D eigenvalue weighted by Crippen LogP contribution is 2.31. The van der Waals surface area contributed by atoms with Gasteiger partial charge in [0, 0.05) is 12.5 Å². The molecule has 3 rings (SSSR count). The number of hydrazine groups is 1. The van der Waals surface area contributed by atoms with Crippen LogP contribution in [0.25, 0.3) is 0 Å². The molecule has 0 aromatic heterocycles. The van der Waals surface area contributed by atoms with Gasteiger partial charge in [0.15, 0.2) is 0 Å². The Morgan fingerprint density at radius 2 is 2.11 bits per heavy atom. The molecule has 0 saturated carbocycles. The average Bonchev–Trinajstić information content (AvgIpc) is 2.88. The van der Waals surface area contributed by atoms with Gasteiger partial charge in [-0.1, -0.05) is 18.2 Å². The van der Waals surface area contributed by atoms with Crippen molar-refractivity contribution in [3.63, 3.8) is 0 Å². The van der Waals surface area contributed by atoms with Crippen LogP contribution >= 0.6 is 0 Å². The van der Waals surface area contributed by atoms with Crippen LogP contribution in [-0.4, -0.2) is 13.2 Å². The first-order valence-corrected chi connectivity index (χ1v) is 7.04. The molecule has 2 aliphatic rings. The van der Waals surface area contributed by atoms with Crippen LogP contribution in [0.2, 0.25) is 0 Å². The van der Waals surface area contributed by atoms with Crippen LogP contribution in [0.15, 0.2) is 18.2 Å². The molecule has 1 fully saturated rings. The topological polar surface area (TPSA) is 47.3 Å². The third-order valence-electron chi connectivity index (χ3n) is 4.33. The molecule has 2 atom stereocenters. The van der Waals surface area contributed by atoms with Crippen LogP contribution in [0.1, 0.15) is 42.0 Å². The van der Waals surface area contributed by atoms with Crippen molar-refractivity contribution in [1.82, 2.24) is 5.43 Å². The van der Waals surface area contributed by atoms with Gasteiger partial charge in [0.25, 0.3) is 0 Å². The van der Waals surface area contributed by atoms with Gasteiger partial charge < -0.3 is 4.74 Å². The predicted molar refractivity (Wildman–Crippen MR) is 72.1 cm³/mol. The highest BCUT2D eigenvalue weighted by atomic mass is 16.5. The second-order valence-corrected chi connectivity index (χ2v) is 5.50. The summed E-state index contributed by atoms with van der Waals surface area (Å²) < 4.78 is 5.58. The summed E-state index contributed by atoms with van der Waals surface area (Å²) in [6.45, 7) is 1.73. The number of nitrogens with one attached hydrogen (secondary N) is 1. The van der Waals surface area contributed by atoms with Crippen molar-refractivity contribution in [3.8, 4) is 0 Å². The van der Waals surface area contributed by atoms with Crippen molar-refractivity contribution < 1.29 is 4.74 Å². The molecule has 1 aliphatic heterocycles. The molecule has 0 bridgehead atoms. The van der Waals surface area contributed by atoms with E-state index in [4.69, 9.17) is 10.6 Å². The van der Waals surface area contributed by atoms with Gasteiger partial charge in [-0.3, -0.25) is 11.3 Å². The van der Waals surface area contributed by atoms with Crippen LogP contribution in [0.3, 0.4) is 0 Å². The highest BCUT2D eigenvalue weighted by Gasteiger charge is 2.25. The van der Waals surface area contributed by atoms with Crippen molar-refractivity contribution in [1.29, 1.82) is 0 Å². The number of hydrogen-bond acceptors (Lipinski definition) is 3. The Labute approximate surface area is 109 Å². The fraction of sp³-hybridized carbons (Fsp3) is 0.600. The van der Waals surface area contributed by atoms with E-state index in [1.165, 1.54) is 42.4 Å². The number of nitrogens with two attached hydrogens (primary N) is 1. The van der Waals surface area contributed by atoms with Crippen molar-refractivity contribution in [3.05, 3.63) is 34.9 Å². The molecule has 0 spiro atoms. The molecule has 1 aromatic rings. The first-order valence-electron chi connectivity index (χ1n) is 7.04. The molecule has 2 unspecified atom stereocenters. The quantitative estimate of drug-likeness (QED) is 0.634. The molecule has 3 N–H and O–H groups in total. The molecule has 1 heterocycles. The second kappa shape index (κ2) is 5.39. The largest absolute Gasteiger partial charge is 0.381 e. The summed E-state index contributed by atoms with van der Waals surface area (Å²) in [4.78, 5) is 0. The van der Waals surface area contributed by atoms with E-state index in [0.717, 1.165) is 19.6 Å². The highest BCUT2D eigenvalue weighted by molar-refractivity contribution is 5.36. The molecular formula is C15H22N2O. The second-order valence-electron chi connectivity index (χ2n) is 5.50. The summed E-state index contributed by atoms with van der Waals surface area (Å²) in [5, 5.41) is 0. The lowest BCUT2D eigenvalue weighted by Gasteiger charge is -2.30. The van der Waals surface area contributed by atoms with Crippen LogP contribution in [0.4, 0.5) is 0 Å². The van der Waals surface area contributed by atoms with E-state index in [1.54, 1.807) is 0 Å². The molecule has 1 saturated heterocycles. The third-order valence-corrected chi connectivity index (χ3v) is 4.33. The van der Waals surface area contributed by atoms with E-state index in [-0.39, 0.29) is 6.04 Å². The number of aryl methyl sites for hydroxylation is 2. The van der Waals surface area contributed by atoms with Gasteiger partial charge in [0.2, 0.25) is 0 Å². The number of ether oxygens (including phenoxy) is 1. The van der Waals surface area contributed by atoms with Crippen LogP contribution in [-0.2, 0) is 17.6 Å². The van der Waals surface area contributed by atoms with Gasteiger partial charge in [-0.2, -0.15) is 0 Å². The summed E-state index contributed by atoms with van der Waals surface area (Å²) in [7, 11) is 0. The third kappa shape index (κ3) is 2.30. The molecule has 0 radical (unpaired) electrons. The Morgan fingerprint density at radius 3 is 2.89 bits per heavy atom. The van der Waals surface area contributed by atoms with Gasteiger partial charge in [-0.25, -0.2) is 0 Å². The summed E-state index contributed by atoms with van der Waals surface area (Å²) in [6, 6.07) is 7.10. The van der Waals surface area contributed by atoms with Crippen molar-refractivity contribution in [2.75, 3.05) is 13.2 Å².